The molecule has 1 aromatic rings. The lowest BCUT2D eigenvalue weighted by Crippen LogP contribution is -2.30. The lowest BCUT2D eigenvalue weighted by molar-refractivity contribution is 0.181. The summed E-state index contributed by atoms with van der Waals surface area (Å²) in [4.78, 5) is 4.06. The summed E-state index contributed by atoms with van der Waals surface area (Å²) in [5.74, 6) is 0.474. The third-order valence-electron chi connectivity index (χ3n) is 2.30. The molecule has 0 spiro atoms. The number of anilines is 1. The second kappa shape index (κ2) is 4.30. The molecule has 0 radical (unpaired) electrons. The molecule has 2 atom stereocenters. The zero-order valence-electron chi connectivity index (χ0n) is 7.92. The van der Waals surface area contributed by atoms with Crippen molar-refractivity contribution in [2.24, 2.45) is 0 Å². The van der Waals surface area contributed by atoms with Crippen molar-refractivity contribution in [1.29, 1.82) is 0 Å². The molecule has 5 heteroatoms. The second-order valence-electron chi connectivity index (χ2n) is 3.43. The third kappa shape index (κ3) is 2.37. The fourth-order valence-corrected chi connectivity index (χ4v) is 1.75. The topological polar surface area (TPSA) is 56.6 Å². The fourth-order valence-electron chi connectivity index (χ4n) is 1.52. The molecular formula is C10H11BrN2O2. The smallest absolute Gasteiger partial charge is 0.152 e. The number of pyridine rings is 1. The van der Waals surface area contributed by atoms with E-state index in [-0.39, 0.29) is 6.04 Å². The van der Waals surface area contributed by atoms with Gasteiger partial charge in [0.15, 0.2) is 5.82 Å². The van der Waals surface area contributed by atoms with Crippen LogP contribution >= 0.6 is 15.9 Å². The molecule has 15 heavy (non-hydrogen) atoms. The van der Waals surface area contributed by atoms with Gasteiger partial charge in [0.05, 0.1) is 12.1 Å². The number of aliphatic hydroxyl groups is 1. The van der Waals surface area contributed by atoms with Gasteiger partial charge in [0, 0.05) is 17.1 Å². The van der Waals surface area contributed by atoms with Crippen LogP contribution in [0.1, 0.15) is 6.42 Å². The Balaban J connectivity index is 2.11. The minimum Gasteiger partial charge on any atom is -0.389 e. The first-order chi connectivity index (χ1) is 7.16. The molecule has 4 nitrogen and oxygen atoms in total. The van der Waals surface area contributed by atoms with Gasteiger partial charge in [0.1, 0.15) is 0 Å². The maximum Gasteiger partial charge on any atom is 0.152 e. The maximum absolute atomic E-state index is 9.82. The van der Waals surface area contributed by atoms with Gasteiger partial charge in [-0.05, 0) is 28.1 Å². The molecule has 0 bridgehead atoms. The molecule has 0 saturated heterocycles. The minimum atomic E-state index is -0.472. The molecule has 1 aliphatic carbocycles. The van der Waals surface area contributed by atoms with Gasteiger partial charge in [0.2, 0.25) is 0 Å². The number of hydrogen-bond donors (Lipinski definition) is 2. The monoisotopic (exact) mass is 270 g/mol. The van der Waals surface area contributed by atoms with E-state index < -0.39 is 6.10 Å². The van der Waals surface area contributed by atoms with Crippen molar-refractivity contribution in [2.75, 3.05) is 5.06 Å². The van der Waals surface area contributed by atoms with E-state index in [0.29, 0.717) is 12.2 Å². The Bertz CT molecular complexity index is 366. The van der Waals surface area contributed by atoms with Crippen LogP contribution in [-0.2, 0) is 0 Å². The van der Waals surface area contributed by atoms with Gasteiger partial charge in [-0.2, -0.15) is 0 Å². The summed E-state index contributed by atoms with van der Waals surface area (Å²) < 4.78 is 0.863. The molecule has 0 unspecified atom stereocenters. The molecule has 80 valence electrons. The Morgan fingerprint density at radius 3 is 2.73 bits per heavy atom. The number of halogens is 1. The van der Waals surface area contributed by atoms with Gasteiger partial charge >= 0.3 is 0 Å². The third-order valence-corrected chi connectivity index (χ3v) is 2.77. The molecule has 1 aromatic heterocycles. The van der Waals surface area contributed by atoms with Gasteiger partial charge in [-0.15, -0.1) is 0 Å². The van der Waals surface area contributed by atoms with Crippen molar-refractivity contribution < 1.29 is 10.3 Å². The number of aliphatic hydroxyl groups excluding tert-OH is 1. The Morgan fingerprint density at radius 1 is 1.40 bits per heavy atom. The van der Waals surface area contributed by atoms with Crippen LogP contribution in [0.4, 0.5) is 5.82 Å². The highest BCUT2D eigenvalue weighted by Crippen LogP contribution is 2.21. The average Bonchev–Trinajstić information content (AvgIpc) is 2.65. The van der Waals surface area contributed by atoms with Crippen LogP contribution in [0.25, 0.3) is 0 Å². The Labute approximate surface area is 96.0 Å². The zero-order chi connectivity index (χ0) is 10.8. The minimum absolute atomic E-state index is 0.200. The van der Waals surface area contributed by atoms with Crippen molar-refractivity contribution in [1.82, 2.24) is 4.98 Å². The average molecular weight is 271 g/mol. The summed E-state index contributed by atoms with van der Waals surface area (Å²) in [5.41, 5.74) is 0. The Hall–Kier alpha value is -0.910. The normalized spacial score (nSPS) is 24.5. The predicted octanol–water partition coefficient (Wildman–Crippen LogP) is 1.73. The van der Waals surface area contributed by atoms with Crippen LogP contribution in [0, 0.1) is 0 Å². The molecule has 0 aromatic carbocycles. The Morgan fingerprint density at radius 2 is 2.20 bits per heavy atom. The van der Waals surface area contributed by atoms with Gasteiger partial charge < -0.3 is 5.11 Å². The van der Waals surface area contributed by atoms with Crippen molar-refractivity contribution in [3.8, 4) is 0 Å². The fraction of sp³-hybridized carbons (Fsp3) is 0.300. The molecule has 0 aliphatic heterocycles. The van der Waals surface area contributed by atoms with Crippen molar-refractivity contribution in [3.63, 3.8) is 0 Å². The number of aromatic nitrogens is 1. The van der Waals surface area contributed by atoms with E-state index >= 15 is 0 Å². The quantitative estimate of drug-likeness (QED) is 0.635. The molecular weight excluding hydrogens is 260 g/mol. The van der Waals surface area contributed by atoms with Crippen LogP contribution in [0.2, 0.25) is 0 Å². The van der Waals surface area contributed by atoms with E-state index in [9.17, 15) is 10.3 Å². The van der Waals surface area contributed by atoms with E-state index in [1.165, 1.54) is 0 Å². The summed E-state index contributed by atoms with van der Waals surface area (Å²) in [6, 6.07) is 3.32. The van der Waals surface area contributed by atoms with Crippen molar-refractivity contribution in [3.05, 3.63) is 35.0 Å². The van der Waals surface area contributed by atoms with Crippen LogP contribution in [0.3, 0.4) is 0 Å². The molecule has 2 rings (SSSR count). The first kappa shape index (κ1) is 10.6. The highest BCUT2D eigenvalue weighted by Gasteiger charge is 2.23. The van der Waals surface area contributed by atoms with Crippen LogP contribution in [-0.4, -0.2) is 27.4 Å². The SMILES string of the molecule is O[C@@H]1C=C[C@H](N(O)c2ccc(Br)cn2)C1. The summed E-state index contributed by atoms with van der Waals surface area (Å²) in [6.07, 6.45) is 5.09. The van der Waals surface area contributed by atoms with Crippen LogP contribution in [0.5, 0.6) is 0 Å². The van der Waals surface area contributed by atoms with E-state index in [2.05, 4.69) is 20.9 Å². The molecule has 2 N–H and O–H groups in total. The number of hydrogen-bond acceptors (Lipinski definition) is 4. The first-order valence-electron chi connectivity index (χ1n) is 4.63. The molecule has 1 aliphatic rings. The van der Waals surface area contributed by atoms with Gasteiger partial charge in [0.25, 0.3) is 0 Å². The number of rotatable bonds is 2. The van der Waals surface area contributed by atoms with Gasteiger partial charge in [-0.1, -0.05) is 12.2 Å². The summed E-state index contributed by atoms with van der Waals surface area (Å²) >= 11 is 3.27. The molecule has 1 heterocycles. The van der Waals surface area contributed by atoms with Crippen molar-refractivity contribution >= 4 is 21.7 Å². The number of hydroxylamine groups is 1. The van der Waals surface area contributed by atoms with E-state index in [1.54, 1.807) is 30.5 Å². The number of nitrogens with zero attached hydrogens (tertiary/aromatic N) is 2. The molecule has 0 amide bonds. The zero-order valence-corrected chi connectivity index (χ0v) is 9.50. The standard InChI is InChI=1S/C10H11BrN2O2/c11-7-1-4-10(12-6-7)13(15)8-2-3-9(14)5-8/h1-4,6,8-9,14-15H,5H2/t8-,9+/m0/s1. The van der Waals surface area contributed by atoms with E-state index in [0.717, 1.165) is 9.54 Å². The molecule has 0 fully saturated rings. The Kier molecular flexibility index (Phi) is 3.04. The van der Waals surface area contributed by atoms with Crippen molar-refractivity contribution in [2.45, 2.75) is 18.6 Å². The molecule has 0 saturated carbocycles. The lowest BCUT2D eigenvalue weighted by Gasteiger charge is -2.21. The van der Waals surface area contributed by atoms with Gasteiger partial charge in [-0.25, -0.2) is 10.0 Å². The highest BCUT2D eigenvalue weighted by molar-refractivity contribution is 9.10. The predicted molar refractivity (Wildman–Crippen MR) is 59.8 cm³/mol. The van der Waals surface area contributed by atoms with Crippen LogP contribution in [0.15, 0.2) is 35.0 Å². The van der Waals surface area contributed by atoms with E-state index in [1.807, 2.05) is 0 Å². The first-order valence-corrected chi connectivity index (χ1v) is 5.42. The summed E-state index contributed by atoms with van der Waals surface area (Å²) in [6.45, 7) is 0. The maximum atomic E-state index is 9.82. The highest BCUT2D eigenvalue weighted by atomic mass is 79.9. The lowest BCUT2D eigenvalue weighted by atomic mass is 10.2. The summed E-state index contributed by atoms with van der Waals surface area (Å²) in [5, 5.41) is 20.2. The van der Waals surface area contributed by atoms with E-state index in [4.69, 9.17) is 0 Å². The second-order valence-corrected chi connectivity index (χ2v) is 4.35. The largest absolute Gasteiger partial charge is 0.389 e. The summed E-state index contributed by atoms with van der Waals surface area (Å²) in [7, 11) is 0. The van der Waals surface area contributed by atoms with Crippen LogP contribution < -0.4 is 5.06 Å². The van der Waals surface area contributed by atoms with Gasteiger partial charge in [-0.3, -0.25) is 5.21 Å².